The summed E-state index contributed by atoms with van der Waals surface area (Å²) in [6.07, 6.45) is 4.01. The maximum absolute atomic E-state index is 9.26. The highest BCUT2D eigenvalue weighted by Crippen LogP contribution is 2.53. The highest BCUT2D eigenvalue weighted by molar-refractivity contribution is 5.06. The number of hydrogen-bond acceptors (Lipinski definition) is 2. The van der Waals surface area contributed by atoms with Gasteiger partial charge in [-0.2, -0.15) is 0 Å². The van der Waals surface area contributed by atoms with Crippen molar-refractivity contribution in [1.82, 2.24) is 4.90 Å². The molecule has 0 amide bonds. The smallest absolute Gasteiger partial charge is 0.0586 e. The largest absolute Gasteiger partial charge is 0.395 e. The van der Waals surface area contributed by atoms with Gasteiger partial charge in [0.1, 0.15) is 0 Å². The molecule has 1 unspecified atom stereocenters. The minimum absolute atomic E-state index is 0.342. The van der Waals surface area contributed by atoms with Gasteiger partial charge in [-0.15, -0.1) is 0 Å². The Morgan fingerprint density at radius 1 is 1.31 bits per heavy atom. The van der Waals surface area contributed by atoms with Crippen LogP contribution in [0.25, 0.3) is 0 Å². The molecule has 2 fully saturated rings. The fraction of sp³-hybridized carbons (Fsp3) is 1.00. The van der Waals surface area contributed by atoms with Crippen LogP contribution in [0.15, 0.2) is 0 Å². The van der Waals surface area contributed by atoms with Gasteiger partial charge in [-0.3, -0.25) is 4.90 Å². The number of hydrogen-bond donors (Lipinski definition) is 1. The summed E-state index contributed by atoms with van der Waals surface area (Å²) < 4.78 is 0. The minimum atomic E-state index is 0.342. The Morgan fingerprint density at radius 3 is 2.31 bits per heavy atom. The maximum Gasteiger partial charge on any atom is 0.0586 e. The number of aliphatic hydroxyl groups excluding tert-OH is 1. The molecule has 1 aliphatic carbocycles. The zero-order chi connectivity index (χ0) is 9.47. The van der Waals surface area contributed by atoms with E-state index in [1.165, 1.54) is 25.9 Å². The number of nitrogens with zero attached hydrogens (tertiary/aromatic N) is 1. The Kier molecular flexibility index (Phi) is 2.37. The van der Waals surface area contributed by atoms with Gasteiger partial charge in [-0.25, -0.2) is 0 Å². The molecule has 1 saturated heterocycles. The highest BCUT2D eigenvalue weighted by atomic mass is 16.3. The van der Waals surface area contributed by atoms with E-state index in [2.05, 4.69) is 18.7 Å². The summed E-state index contributed by atoms with van der Waals surface area (Å²) in [7, 11) is 0. The van der Waals surface area contributed by atoms with Crippen molar-refractivity contribution in [3.05, 3.63) is 0 Å². The standard InChI is InChI=1S/C11H21NO/c1-9(2)5-10(6-13)12-7-11(8-12)3-4-11/h9-10,13H,3-8H2,1-2H3. The molecule has 2 heteroatoms. The van der Waals surface area contributed by atoms with Crippen molar-refractivity contribution in [3.8, 4) is 0 Å². The molecule has 0 aromatic heterocycles. The SMILES string of the molecule is CC(C)CC(CO)N1CC2(CC2)C1. The molecule has 0 aromatic carbocycles. The van der Waals surface area contributed by atoms with Crippen LogP contribution in [-0.2, 0) is 0 Å². The second-order valence-electron chi connectivity index (χ2n) is 5.37. The third kappa shape index (κ3) is 1.89. The Bertz CT molecular complexity index is 179. The molecule has 2 nitrogen and oxygen atoms in total. The molecule has 76 valence electrons. The monoisotopic (exact) mass is 183 g/mol. The molecule has 2 rings (SSSR count). The predicted molar refractivity (Wildman–Crippen MR) is 53.6 cm³/mol. The number of likely N-dealkylation sites (tertiary alicyclic amines) is 1. The zero-order valence-corrected chi connectivity index (χ0v) is 8.79. The van der Waals surface area contributed by atoms with Crippen LogP contribution in [0.3, 0.4) is 0 Å². The average molecular weight is 183 g/mol. The maximum atomic E-state index is 9.26. The lowest BCUT2D eigenvalue weighted by Crippen LogP contribution is -2.55. The van der Waals surface area contributed by atoms with Gasteiger partial charge in [0.15, 0.2) is 0 Å². The molecular formula is C11H21NO. The molecule has 0 bridgehead atoms. The van der Waals surface area contributed by atoms with Crippen LogP contribution in [0.1, 0.15) is 33.1 Å². The quantitative estimate of drug-likeness (QED) is 0.714. The lowest BCUT2D eigenvalue weighted by atomic mass is 9.92. The van der Waals surface area contributed by atoms with Crippen molar-refractivity contribution < 1.29 is 5.11 Å². The van der Waals surface area contributed by atoms with Gasteiger partial charge < -0.3 is 5.11 Å². The summed E-state index contributed by atoms with van der Waals surface area (Å²) in [6.45, 7) is 7.31. The first kappa shape index (κ1) is 9.47. The first-order chi connectivity index (χ1) is 6.15. The van der Waals surface area contributed by atoms with Crippen molar-refractivity contribution in [1.29, 1.82) is 0 Å². The minimum Gasteiger partial charge on any atom is -0.395 e. The van der Waals surface area contributed by atoms with Crippen LogP contribution in [0.2, 0.25) is 0 Å². The van der Waals surface area contributed by atoms with E-state index in [0.717, 1.165) is 11.8 Å². The summed E-state index contributed by atoms with van der Waals surface area (Å²) in [5.41, 5.74) is 0.727. The first-order valence-corrected chi connectivity index (χ1v) is 5.50. The van der Waals surface area contributed by atoms with Gasteiger partial charge in [0.25, 0.3) is 0 Å². The normalized spacial score (nSPS) is 27.7. The molecule has 13 heavy (non-hydrogen) atoms. The van der Waals surface area contributed by atoms with E-state index >= 15 is 0 Å². The van der Waals surface area contributed by atoms with Gasteiger partial charge >= 0.3 is 0 Å². The summed E-state index contributed by atoms with van der Waals surface area (Å²) >= 11 is 0. The van der Waals surface area contributed by atoms with Gasteiger partial charge in [0.05, 0.1) is 6.61 Å². The van der Waals surface area contributed by atoms with Crippen molar-refractivity contribution in [2.75, 3.05) is 19.7 Å². The topological polar surface area (TPSA) is 23.5 Å². The van der Waals surface area contributed by atoms with Crippen molar-refractivity contribution >= 4 is 0 Å². The Hall–Kier alpha value is -0.0800. The Labute approximate surface area is 80.9 Å². The van der Waals surface area contributed by atoms with Gasteiger partial charge in [-0.1, -0.05) is 13.8 Å². The molecule has 0 aromatic rings. The van der Waals surface area contributed by atoms with Crippen LogP contribution >= 0.6 is 0 Å². The van der Waals surface area contributed by atoms with E-state index in [-0.39, 0.29) is 0 Å². The van der Waals surface area contributed by atoms with E-state index in [1.807, 2.05) is 0 Å². The molecular weight excluding hydrogens is 162 g/mol. The van der Waals surface area contributed by atoms with Crippen LogP contribution in [0.4, 0.5) is 0 Å². The fourth-order valence-corrected chi connectivity index (χ4v) is 2.45. The van der Waals surface area contributed by atoms with E-state index in [9.17, 15) is 5.11 Å². The Balaban J connectivity index is 1.77. The average Bonchev–Trinajstić information content (AvgIpc) is 2.76. The zero-order valence-electron chi connectivity index (χ0n) is 8.79. The van der Waals surface area contributed by atoms with E-state index in [0.29, 0.717) is 18.6 Å². The summed E-state index contributed by atoms with van der Waals surface area (Å²) in [5, 5.41) is 9.26. The molecule has 1 N–H and O–H groups in total. The van der Waals surface area contributed by atoms with Crippen molar-refractivity contribution in [2.24, 2.45) is 11.3 Å². The van der Waals surface area contributed by atoms with Gasteiger partial charge in [0.2, 0.25) is 0 Å². The summed E-state index contributed by atoms with van der Waals surface area (Å²) in [5.74, 6) is 0.702. The fourth-order valence-electron chi connectivity index (χ4n) is 2.45. The van der Waals surface area contributed by atoms with Crippen LogP contribution < -0.4 is 0 Å². The Morgan fingerprint density at radius 2 is 1.92 bits per heavy atom. The molecule has 1 atom stereocenters. The molecule has 1 heterocycles. The van der Waals surface area contributed by atoms with E-state index < -0.39 is 0 Å². The van der Waals surface area contributed by atoms with Gasteiger partial charge in [0, 0.05) is 19.1 Å². The molecule has 1 aliphatic heterocycles. The number of aliphatic hydroxyl groups is 1. The molecule has 0 radical (unpaired) electrons. The third-order valence-corrected chi connectivity index (χ3v) is 3.50. The lowest BCUT2D eigenvalue weighted by Gasteiger charge is -2.45. The van der Waals surface area contributed by atoms with Crippen LogP contribution in [-0.4, -0.2) is 35.7 Å². The summed E-state index contributed by atoms with van der Waals surface area (Å²) in [6, 6.07) is 0.436. The first-order valence-electron chi connectivity index (χ1n) is 5.50. The van der Waals surface area contributed by atoms with Crippen LogP contribution in [0.5, 0.6) is 0 Å². The molecule has 1 spiro atoms. The third-order valence-electron chi connectivity index (χ3n) is 3.50. The second kappa shape index (κ2) is 3.25. The van der Waals surface area contributed by atoms with Gasteiger partial charge in [-0.05, 0) is 30.6 Å². The van der Waals surface area contributed by atoms with Crippen molar-refractivity contribution in [2.45, 2.75) is 39.2 Å². The van der Waals surface area contributed by atoms with E-state index in [1.54, 1.807) is 0 Å². The lowest BCUT2D eigenvalue weighted by molar-refractivity contribution is 0.00241. The second-order valence-corrected chi connectivity index (χ2v) is 5.37. The predicted octanol–water partition coefficient (Wildman–Crippen LogP) is 1.49. The molecule has 2 aliphatic rings. The van der Waals surface area contributed by atoms with Crippen LogP contribution in [0, 0.1) is 11.3 Å². The van der Waals surface area contributed by atoms with E-state index in [4.69, 9.17) is 0 Å². The highest BCUT2D eigenvalue weighted by Gasteiger charge is 2.53. The molecule has 1 saturated carbocycles. The number of rotatable bonds is 4. The van der Waals surface area contributed by atoms with Crippen molar-refractivity contribution in [3.63, 3.8) is 0 Å². The summed E-state index contributed by atoms with van der Waals surface area (Å²) in [4.78, 5) is 2.47.